The molecule has 0 saturated carbocycles. The lowest BCUT2D eigenvalue weighted by Crippen LogP contribution is -2.40. The second kappa shape index (κ2) is 4.49. The van der Waals surface area contributed by atoms with Crippen LogP contribution in [-0.4, -0.2) is 11.8 Å². The summed E-state index contributed by atoms with van der Waals surface area (Å²) in [4.78, 5) is 22.8. The first kappa shape index (κ1) is 12.1. The van der Waals surface area contributed by atoms with E-state index < -0.39 is 17.2 Å². The number of carbonyl (C=O) groups excluding carboxylic acids is 2. The summed E-state index contributed by atoms with van der Waals surface area (Å²) in [7, 11) is 0. The Morgan fingerprint density at radius 2 is 1.78 bits per heavy atom. The van der Waals surface area contributed by atoms with Gasteiger partial charge in [-0.15, -0.1) is 0 Å². The van der Waals surface area contributed by atoms with Crippen molar-refractivity contribution < 1.29 is 9.59 Å². The summed E-state index contributed by atoms with van der Waals surface area (Å²) >= 11 is 0. The first-order valence-electron chi connectivity index (χ1n) is 5.61. The zero-order valence-corrected chi connectivity index (χ0v) is 9.80. The van der Waals surface area contributed by atoms with E-state index in [2.05, 4.69) is 0 Å². The quantitative estimate of drug-likeness (QED) is 0.820. The van der Waals surface area contributed by atoms with E-state index in [1.54, 1.807) is 18.2 Å². The molecule has 0 aromatic heterocycles. The van der Waals surface area contributed by atoms with Gasteiger partial charge in [-0.2, -0.15) is 0 Å². The fourth-order valence-corrected chi connectivity index (χ4v) is 2.10. The normalized spacial score (nSPS) is 22.3. The molecule has 1 unspecified atom stereocenters. The van der Waals surface area contributed by atoms with E-state index in [9.17, 15) is 9.59 Å². The molecule has 1 aromatic carbocycles. The molecule has 2 amide bonds. The number of primary amides is 2. The van der Waals surface area contributed by atoms with Crippen LogP contribution in [0.2, 0.25) is 0 Å². The number of benzene rings is 1. The summed E-state index contributed by atoms with van der Waals surface area (Å²) in [6.45, 7) is 0. The second-order valence-electron chi connectivity index (χ2n) is 4.26. The third-order valence-electron chi connectivity index (χ3n) is 3.20. The van der Waals surface area contributed by atoms with Gasteiger partial charge in [0.2, 0.25) is 11.8 Å². The Balaban J connectivity index is 2.43. The van der Waals surface area contributed by atoms with Crippen LogP contribution in [-0.2, 0) is 15.0 Å². The Kier molecular flexibility index (Phi) is 3.02. The van der Waals surface area contributed by atoms with Crippen LogP contribution in [0.5, 0.6) is 0 Å². The molecule has 1 aliphatic rings. The summed E-state index contributed by atoms with van der Waals surface area (Å²) in [6.07, 6.45) is 5.22. The SMILES string of the molecule is NC(=O)C1=CCC(C(N)=O)(c2ccccc2)C=C1. The average molecular weight is 242 g/mol. The van der Waals surface area contributed by atoms with Gasteiger partial charge in [0.15, 0.2) is 0 Å². The lowest BCUT2D eigenvalue weighted by Gasteiger charge is -2.29. The number of carbonyl (C=O) groups is 2. The van der Waals surface area contributed by atoms with Crippen LogP contribution in [0.15, 0.2) is 54.1 Å². The Labute approximate surface area is 105 Å². The van der Waals surface area contributed by atoms with Gasteiger partial charge in [0, 0.05) is 5.57 Å². The van der Waals surface area contributed by atoms with Gasteiger partial charge in [-0.25, -0.2) is 0 Å². The number of amides is 2. The zero-order valence-electron chi connectivity index (χ0n) is 9.80. The maximum Gasteiger partial charge on any atom is 0.248 e. The van der Waals surface area contributed by atoms with E-state index in [1.165, 1.54) is 0 Å². The molecule has 0 spiro atoms. The van der Waals surface area contributed by atoms with Crippen molar-refractivity contribution in [3.63, 3.8) is 0 Å². The molecule has 1 aromatic rings. The molecule has 0 saturated heterocycles. The van der Waals surface area contributed by atoms with Crippen molar-refractivity contribution in [3.8, 4) is 0 Å². The molecule has 0 aliphatic heterocycles. The predicted octanol–water partition coefficient (Wildman–Crippen LogP) is 0.781. The highest BCUT2D eigenvalue weighted by atomic mass is 16.1. The van der Waals surface area contributed by atoms with Gasteiger partial charge < -0.3 is 11.5 Å². The molecule has 18 heavy (non-hydrogen) atoms. The zero-order chi connectivity index (χ0) is 13.2. The standard InChI is InChI=1S/C14H14N2O2/c15-12(17)10-6-8-14(9-7-10,13(16)18)11-4-2-1-3-5-11/h1-8H,9H2,(H2,15,17)(H2,16,18). The Morgan fingerprint density at radius 1 is 1.11 bits per heavy atom. The summed E-state index contributed by atoms with van der Waals surface area (Å²) in [5, 5.41) is 0. The van der Waals surface area contributed by atoms with Crippen LogP contribution in [0.4, 0.5) is 0 Å². The van der Waals surface area contributed by atoms with Crippen LogP contribution >= 0.6 is 0 Å². The van der Waals surface area contributed by atoms with Crippen molar-refractivity contribution in [2.45, 2.75) is 11.8 Å². The smallest absolute Gasteiger partial charge is 0.248 e. The van der Waals surface area contributed by atoms with Crippen molar-refractivity contribution in [2.24, 2.45) is 11.5 Å². The molecule has 0 fully saturated rings. The number of allylic oxidation sites excluding steroid dienone is 1. The highest BCUT2D eigenvalue weighted by molar-refractivity contribution is 5.97. The number of hydrogen-bond donors (Lipinski definition) is 2. The monoisotopic (exact) mass is 242 g/mol. The first-order valence-corrected chi connectivity index (χ1v) is 5.61. The molecule has 4 N–H and O–H groups in total. The number of nitrogens with two attached hydrogens (primary N) is 2. The number of rotatable bonds is 3. The fraction of sp³-hybridized carbons (Fsp3) is 0.143. The summed E-state index contributed by atoms with van der Waals surface area (Å²) in [5.41, 5.74) is 11.0. The maximum atomic E-state index is 11.8. The molecular formula is C14H14N2O2. The van der Waals surface area contributed by atoms with Gasteiger partial charge in [0.1, 0.15) is 0 Å². The van der Waals surface area contributed by atoms with Crippen molar-refractivity contribution >= 4 is 11.8 Å². The van der Waals surface area contributed by atoms with E-state index in [1.807, 2.05) is 30.3 Å². The van der Waals surface area contributed by atoms with Gasteiger partial charge in [0.05, 0.1) is 5.41 Å². The molecule has 0 bridgehead atoms. The van der Waals surface area contributed by atoms with Gasteiger partial charge in [-0.1, -0.05) is 48.6 Å². The Bertz CT molecular complexity index is 546. The maximum absolute atomic E-state index is 11.8. The third-order valence-corrected chi connectivity index (χ3v) is 3.20. The highest BCUT2D eigenvalue weighted by Gasteiger charge is 2.36. The van der Waals surface area contributed by atoms with Gasteiger partial charge in [-0.05, 0) is 12.0 Å². The van der Waals surface area contributed by atoms with Crippen LogP contribution in [0.25, 0.3) is 0 Å². The fourth-order valence-electron chi connectivity index (χ4n) is 2.10. The highest BCUT2D eigenvalue weighted by Crippen LogP contribution is 2.33. The molecule has 4 heteroatoms. The minimum Gasteiger partial charge on any atom is -0.369 e. The Hall–Kier alpha value is -2.36. The number of hydrogen-bond acceptors (Lipinski definition) is 2. The molecule has 1 aliphatic carbocycles. The molecule has 92 valence electrons. The van der Waals surface area contributed by atoms with Crippen molar-refractivity contribution in [1.29, 1.82) is 0 Å². The third kappa shape index (κ3) is 1.93. The van der Waals surface area contributed by atoms with Crippen LogP contribution in [0.1, 0.15) is 12.0 Å². The molecule has 2 rings (SSSR count). The van der Waals surface area contributed by atoms with Crippen LogP contribution in [0.3, 0.4) is 0 Å². The largest absolute Gasteiger partial charge is 0.369 e. The lowest BCUT2D eigenvalue weighted by molar-refractivity contribution is -0.122. The predicted molar refractivity (Wildman–Crippen MR) is 68.3 cm³/mol. The van der Waals surface area contributed by atoms with E-state index in [0.717, 1.165) is 5.56 Å². The molecule has 0 radical (unpaired) electrons. The second-order valence-corrected chi connectivity index (χ2v) is 4.26. The molecule has 1 atom stereocenters. The van der Waals surface area contributed by atoms with Crippen LogP contribution < -0.4 is 11.5 Å². The molecular weight excluding hydrogens is 228 g/mol. The van der Waals surface area contributed by atoms with Gasteiger partial charge >= 0.3 is 0 Å². The average Bonchev–Trinajstić information content (AvgIpc) is 2.39. The van der Waals surface area contributed by atoms with Gasteiger partial charge in [-0.3, -0.25) is 9.59 Å². The molecule has 0 heterocycles. The lowest BCUT2D eigenvalue weighted by atomic mass is 9.73. The minimum atomic E-state index is -0.889. The van der Waals surface area contributed by atoms with E-state index >= 15 is 0 Å². The van der Waals surface area contributed by atoms with Crippen molar-refractivity contribution in [1.82, 2.24) is 0 Å². The van der Waals surface area contributed by atoms with Gasteiger partial charge in [0.25, 0.3) is 0 Å². The van der Waals surface area contributed by atoms with Crippen molar-refractivity contribution in [3.05, 3.63) is 59.7 Å². The minimum absolute atomic E-state index is 0.348. The van der Waals surface area contributed by atoms with E-state index in [4.69, 9.17) is 11.5 Å². The van der Waals surface area contributed by atoms with E-state index in [-0.39, 0.29) is 0 Å². The summed E-state index contributed by atoms with van der Waals surface area (Å²) < 4.78 is 0. The van der Waals surface area contributed by atoms with E-state index in [0.29, 0.717) is 12.0 Å². The van der Waals surface area contributed by atoms with Crippen molar-refractivity contribution in [2.75, 3.05) is 0 Å². The summed E-state index contributed by atoms with van der Waals surface area (Å²) in [5.74, 6) is -0.942. The molecule has 4 nitrogen and oxygen atoms in total. The Morgan fingerprint density at radius 3 is 2.22 bits per heavy atom. The summed E-state index contributed by atoms with van der Waals surface area (Å²) in [6, 6.07) is 9.26. The van der Waals surface area contributed by atoms with Crippen LogP contribution in [0, 0.1) is 0 Å². The first-order chi connectivity index (χ1) is 8.56. The topological polar surface area (TPSA) is 86.2 Å².